The van der Waals surface area contributed by atoms with Gasteiger partial charge in [-0.2, -0.15) is 5.26 Å². The fourth-order valence-electron chi connectivity index (χ4n) is 5.43. The summed E-state index contributed by atoms with van der Waals surface area (Å²) >= 11 is 0. The van der Waals surface area contributed by atoms with E-state index in [1.54, 1.807) is 11.1 Å². The minimum Gasteiger partial charge on any atom is -0.489 e. The van der Waals surface area contributed by atoms with Crippen LogP contribution in [0.2, 0.25) is 0 Å². The van der Waals surface area contributed by atoms with Crippen LogP contribution in [0, 0.1) is 28.4 Å². The van der Waals surface area contributed by atoms with Gasteiger partial charge >= 0.3 is 0 Å². The van der Waals surface area contributed by atoms with Crippen LogP contribution in [-0.4, -0.2) is 53.2 Å². The predicted octanol–water partition coefficient (Wildman–Crippen LogP) is 3.81. The number of aromatic nitrogens is 1. The average molecular weight is 468 g/mol. The number of anilines is 1. The van der Waals surface area contributed by atoms with Gasteiger partial charge in [0.25, 0.3) is 0 Å². The Morgan fingerprint density at radius 1 is 1.15 bits per heavy atom. The first-order valence-electron chi connectivity index (χ1n) is 11.7. The Kier molecular flexibility index (Phi) is 5.64. The van der Waals surface area contributed by atoms with Crippen molar-refractivity contribution in [3.8, 4) is 11.8 Å². The molecular formula is C25H27F2N5O2. The summed E-state index contributed by atoms with van der Waals surface area (Å²) in [6, 6.07) is 7.07. The van der Waals surface area contributed by atoms with Gasteiger partial charge in [0.15, 0.2) is 0 Å². The lowest BCUT2D eigenvalue weighted by atomic mass is 9.77. The SMILES string of the molecule is CC(C)Oc1cc(N2CCC3(CC2)CN2CC[C@@H](c4cc(F)cc(F)c4)N2C3=O)ncc1C#N. The molecule has 1 atom stereocenters. The second-order valence-corrected chi connectivity index (χ2v) is 9.63. The highest BCUT2D eigenvalue weighted by Gasteiger charge is 2.56. The number of fused-ring (bicyclic) bond motifs is 1. The normalized spacial score (nSPS) is 21.9. The predicted molar refractivity (Wildman–Crippen MR) is 121 cm³/mol. The van der Waals surface area contributed by atoms with Crippen LogP contribution in [0.5, 0.6) is 5.75 Å². The number of amides is 1. The zero-order valence-electron chi connectivity index (χ0n) is 19.3. The van der Waals surface area contributed by atoms with Crippen LogP contribution < -0.4 is 9.64 Å². The van der Waals surface area contributed by atoms with E-state index in [2.05, 4.69) is 16.0 Å². The van der Waals surface area contributed by atoms with Gasteiger partial charge in [0, 0.05) is 38.3 Å². The highest BCUT2D eigenvalue weighted by molar-refractivity contribution is 5.85. The number of ether oxygens (including phenoxy) is 1. The molecule has 0 aliphatic carbocycles. The molecule has 3 aliphatic rings. The molecule has 1 amide bonds. The summed E-state index contributed by atoms with van der Waals surface area (Å²) in [6.07, 6.45) is 3.44. The summed E-state index contributed by atoms with van der Waals surface area (Å²) in [4.78, 5) is 20.2. The molecule has 3 aliphatic heterocycles. The Hall–Kier alpha value is -3.25. The molecule has 7 nitrogen and oxygen atoms in total. The van der Waals surface area contributed by atoms with Crippen molar-refractivity contribution < 1.29 is 18.3 Å². The number of nitriles is 1. The van der Waals surface area contributed by atoms with Crippen molar-refractivity contribution in [1.29, 1.82) is 5.26 Å². The summed E-state index contributed by atoms with van der Waals surface area (Å²) in [6.45, 7) is 6.41. The zero-order chi connectivity index (χ0) is 24.0. The molecule has 5 rings (SSSR count). The van der Waals surface area contributed by atoms with Gasteiger partial charge in [-0.05, 0) is 50.8 Å². The van der Waals surface area contributed by atoms with E-state index >= 15 is 0 Å². The first kappa shape index (κ1) is 22.5. The second kappa shape index (κ2) is 8.51. The minimum atomic E-state index is -0.626. The fourth-order valence-corrected chi connectivity index (χ4v) is 5.43. The average Bonchev–Trinajstić information content (AvgIpc) is 3.31. The quantitative estimate of drug-likeness (QED) is 0.681. The summed E-state index contributed by atoms with van der Waals surface area (Å²) in [5, 5.41) is 13.1. The Balaban J connectivity index is 1.32. The van der Waals surface area contributed by atoms with Crippen molar-refractivity contribution in [3.63, 3.8) is 0 Å². The van der Waals surface area contributed by atoms with Crippen LogP contribution in [0.4, 0.5) is 14.6 Å². The molecule has 9 heteroatoms. The Morgan fingerprint density at radius 3 is 2.50 bits per heavy atom. The number of piperidine rings is 1. The number of hydrogen-bond donors (Lipinski definition) is 0. The standard InChI is InChI=1S/C25H27F2N5O2/c1-16(2)34-22-12-23(29-14-18(22)13-28)30-7-4-25(5-8-30)15-31-6-3-21(32(31)24(25)33)17-9-19(26)11-20(27)10-17/h9-12,14,16,21H,3-8,15H2,1-2H3/t21-/m0/s1. The molecule has 2 aromatic rings. The van der Waals surface area contributed by atoms with Gasteiger partial charge in [0.2, 0.25) is 5.91 Å². The molecule has 0 saturated carbocycles. The molecule has 178 valence electrons. The van der Waals surface area contributed by atoms with Crippen molar-refractivity contribution in [2.24, 2.45) is 5.41 Å². The summed E-state index contributed by atoms with van der Waals surface area (Å²) in [5.41, 5.74) is 0.387. The molecule has 34 heavy (non-hydrogen) atoms. The zero-order valence-corrected chi connectivity index (χ0v) is 19.3. The molecular weight excluding hydrogens is 440 g/mol. The van der Waals surface area contributed by atoms with Gasteiger partial charge < -0.3 is 9.64 Å². The molecule has 0 radical (unpaired) electrons. The molecule has 0 unspecified atom stereocenters. The van der Waals surface area contributed by atoms with Crippen LogP contribution in [0.1, 0.15) is 50.3 Å². The summed E-state index contributed by atoms with van der Waals surface area (Å²) in [7, 11) is 0. The maximum Gasteiger partial charge on any atom is 0.245 e. The topological polar surface area (TPSA) is 72.7 Å². The number of carbonyl (C=O) groups excluding carboxylic acids is 1. The van der Waals surface area contributed by atoms with Crippen molar-refractivity contribution in [2.45, 2.75) is 45.3 Å². The molecule has 0 N–H and O–H groups in total. The van der Waals surface area contributed by atoms with Crippen molar-refractivity contribution in [2.75, 3.05) is 31.1 Å². The maximum atomic E-state index is 13.8. The third-order valence-electron chi connectivity index (χ3n) is 7.06. The Bertz CT molecular complexity index is 1140. The van der Waals surface area contributed by atoms with Crippen molar-refractivity contribution >= 4 is 11.7 Å². The number of nitrogens with zero attached hydrogens (tertiary/aromatic N) is 5. The van der Waals surface area contributed by atoms with E-state index in [0.29, 0.717) is 62.3 Å². The molecule has 1 aromatic carbocycles. The fraction of sp³-hybridized carbons (Fsp3) is 0.480. The van der Waals surface area contributed by atoms with E-state index in [4.69, 9.17) is 4.74 Å². The molecule has 3 fully saturated rings. The third-order valence-corrected chi connectivity index (χ3v) is 7.06. The van der Waals surface area contributed by atoms with Crippen LogP contribution >= 0.6 is 0 Å². The van der Waals surface area contributed by atoms with Crippen molar-refractivity contribution in [3.05, 3.63) is 53.2 Å². The smallest absolute Gasteiger partial charge is 0.245 e. The number of hydrazine groups is 1. The van der Waals surface area contributed by atoms with E-state index in [1.165, 1.54) is 18.3 Å². The molecule has 3 saturated heterocycles. The van der Waals surface area contributed by atoms with Gasteiger partial charge in [-0.1, -0.05) is 0 Å². The first-order chi connectivity index (χ1) is 16.3. The van der Waals surface area contributed by atoms with E-state index in [1.807, 2.05) is 18.9 Å². The Labute approximate surface area is 197 Å². The summed E-state index contributed by atoms with van der Waals surface area (Å²) in [5.74, 6) is 0.0224. The van der Waals surface area contributed by atoms with Crippen LogP contribution in [0.15, 0.2) is 30.5 Å². The number of halogens is 2. The first-order valence-corrected chi connectivity index (χ1v) is 11.7. The van der Waals surface area contributed by atoms with Crippen LogP contribution in [0.3, 0.4) is 0 Å². The number of hydrogen-bond acceptors (Lipinski definition) is 6. The maximum absolute atomic E-state index is 13.8. The van der Waals surface area contributed by atoms with Crippen molar-refractivity contribution in [1.82, 2.24) is 15.0 Å². The highest BCUT2D eigenvalue weighted by atomic mass is 19.1. The molecule has 1 spiro atoms. The largest absolute Gasteiger partial charge is 0.489 e. The van der Waals surface area contributed by atoms with Crippen LogP contribution in [-0.2, 0) is 4.79 Å². The lowest BCUT2D eigenvalue weighted by molar-refractivity contribution is -0.143. The van der Waals surface area contributed by atoms with Gasteiger partial charge in [0.1, 0.15) is 34.8 Å². The monoisotopic (exact) mass is 467 g/mol. The number of pyridine rings is 1. The lowest BCUT2D eigenvalue weighted by Gasteiger charge is -2.38. The summed E-state index contributed by atoms with van der Waals surface area (Å²) < 4.78 is 33.4. The van der Waals surface area contributed by atoms with E-state index < -0.39 is 17.0 Å². The molecule has 0 bridgehead atoms. The number of carbonyl (C=O) groups is 1. The van der Waals surface area contributed by atoms with Gasteiger partial charge in [0.05, 0.1) is 23.8 Å². The van der Waals surface area contributed by atoms with E-state index in [-0.39, 0.29) is 18.1 Å². The molecule has 1 aromatic heterocycles. The minimum absolute atomic E-state index is 0.0379. The lowest BCUT2D eigenvalue weighted by Crippen LogP contribution is -2.46. The number of benzene rings is 1. The van der Waals surface area contributed by atoms with E-state index in [9.17, 15) is 18.8 Å². The number of rotatable bonds is 4. The highest BCUT2D eigenvalue weighted by Crippen LogP contribution is 2.47. The molecule has 4 heterocycles. The van der Waals surface area contributed by atoms with Gasteiger partial charge in [-0.3, -0.25) is 9.80 Å². The second-order valence-electron chi connectivity index (χ2n) is 9.63. The van der Waals surface area contributed by atoms with E-state index in [0.717, 1.165) is 11.9 Å². The third kappa shape index (κ3) is 3.86. The van der Waals surface area contributed by atoms with Crippen LogP contribution in [0.25, 0.3) is 0 Å². The van der Waals surface area contributed by atoms with Gasteiger partial charge in [-0.25, -0.2) is 18.8 Å². The Morgan fingerprint density at radius 2 is 1.85 bits per heavy atom. The van der Waals surface area contributed by atoms with Gasteiger partial charge in [-0.15, -0.1) is 0 Å².